The number of rotatable bonds is 0. The van der Waals surface area contributed by atoms with E-state index in [0.29, 0.717) is 0 Å². The Balaban J connectivity index is 1.50. The normalized spacial score (nSPS) is 69.2. The summed E-state index contributed by atoms with van der Waals surface area (Å²) in [4.78, 5) is 0.896. The number of hydrogen-bond acceptors (Lipinski definition) is 0. The van der Waals surface area contributed by atoms with Gasteiger partial charge in [-0.2, -0.15) is 0 Å². The molecule has 0 aromatic carbocycles. The molecule has 0 heterocycles. The van der Waals surface area contributed by atoms with Crippen molar-refractivity contribution in [3.63, 3.8) is 0 Å². The molecule has 1 heteroatoms. The second-order valence-electron chi connectivity index (χ2n) is 9.62. The van der Waals surface area contributed by atoms with Crippen molar-refractivity contribution in [3.05, 3.63) is 0 Å². The lowest BCUT2D eigenvalue weighted by molar-refractivity contribution is -0.231. The van der Waals surface area contributed by atoms with E-state index in [4.69, 9.17) is 0 Å². The Morgan fingerprint density at radius 1 is 0.600 bits per heavy atom. The first kappa shape index (κ1) is 12.0. The van der Waals surface area contributed by atoms with Gasteiger partial charge >= 0.3 is 0 Å². The van der Waals surface area contributed by atoms with Crippen molar-refractivity contribution in [2.45, 2.75) is 62.6 Å². The van der Waals surface area contributed by atoms with Crippen molar-refractivity contribution in [2.24, 2.45) is 52.8 Å². The number of halogens is 1. The molecule has 8 rings (SSSR count). The Bertz CT molecular complexity index is 418. The zero-order chi connectivity index (χ0) is 13.1. The maximum atomic E-state index is 4.22. The first-order valence-corrected chi connectivity index (χ1v) is 10.3. The third-order valence-electron chi connectivity index (χ3n) is 9.16. The Labute approximate surface area is 131 Å². The van der Waals surface area contributed by atoms with Gasteiger partial charge in [0.15, 0.2) is 0 Å². The third-order valence-corrected chi connectivity index (χ3v) is 10.6. The molecule has 0 N–H and O–H groups in total. The SMILES string of the molecule is BrC1[C@@H]2C[C@H]3C[C@@H](C2)C2(C4CC5CC(C4)CC2C5)[C@@H]1C3. The molecule has 8 aliphatic rings. The second kappa shape index (κ2) is 3.69. The van der Waals surface area contributed by atoms with Gasteiger partial charge in [0.25, 0.3) is 0 Å². The Hall–Kier alpha value is 0.480. The van der Waals surface area contributed by atoms with Crippen LogP contribution in [0.4, 0.5) is 0 Å². The van der Waals surface area contributed by atoms with Crippen LogP contribution >= 0.6 is 15.9 Å². The lowest BCUT2D eigenvalue weighted by Gasteiger charge is -2.73. The van der Waals surface area contributed by atoms with E-state index in [-0.39, 0.29) is 0 Å². The molecular formula is C19H27Br. The Morgan fingerprint density at radius 2 is 1.15 bits per heavy atom. The van der Waals surface area contributed by atoms with E-state index in [0.717, 1.165) is 57.6 Å². The average Bonchev–Trinajstić information content (AvgIpc) is 2.42. The summed E-state index contributed by atoms with van der Waals surface area (Å²) >= 11 is 4.22. The second-order valence-corrected chi connectivity index (χ2v) is 10.7. The summed E-state index contributed by atoms with van der Waals surface area (Å²) in [5, 5.41) is 0. The van der Waals surface area contributed by atoms with Crippen LogP contribution in [-0.4, -0.2) is 4.83 Å². The maximum Gasteiger partial charge on any atom is 0.0208 e. The summed E-state index contributed by atoms with van der Waals surface area (Å²) in [5.74, 6) is 8.99. The van der Waals surface area contributed by atoms with Crippen LogP contribution < -0.4 is 0 Å². The molecular weight excluding hydrogens is 308 g/mol. The molecule has 0 aliphatic heterocycles. The largest absolute Gasteiger partial charge is 0.0884 e. The minimum absolute atomic E-state index is 0.828. The van der Waals surface area contributed by atoms with Gasteiger partial charge < -0.3 is 0 Å². The van der Waals surface area contributed by atoms with Gasteiger partial charge in [-0.1, -0.05) is 15.9 Å². The highest BCUT2D eigenvalue weighted by molar-refractivity contribution is 9.09. The molecule has 8 bridgehead atoms. The molecule has 8 aliphatic carbocycles. The van der Waals surface area contributed by atoms with Gasteiger partial charge in [0.2, 0.25) is 0 Å². The van der Waals surface area contributed by atoms with E-state index >= 15 is 0 Å². The molecule has 1 unspecified atom stereocenters. The van der Waals surface area contributed by atoms with Crippen molar-refractivity contribution in [1.82, 2.24) is 0 Å². The lowest BCUT2D eigenvalue weighted by atomic mass is 9.32. The average molecular weight is 335 g/mol. The van der Waals surface area contributed by atoms with Crippen molar-refractivity contribution in [2.75, 3.05) is 0 Å². The van der Waals surface area contributed by atoms with E-state index in [2.05, 4.69) is 15.9 Å². The van der Waals surface area contributed by atoms with Crippen LogP contribution in [0.3, 0.4) is 0 Å². The first-order valence-electron chi connectivity index (χ1n) is 9.39. The highest BCUT2D eigenvalue weighted by Gasteiger charge is 2.69. The quantitative estimate of drug-likeness (QED) is 0.530. The summed E-state index contributed by atoms with van der Waals surface area (Å²) < 4.78 is 0. The highest BCUT2D eigenvalue weighted by Crippen LogP contribution is 2.76. The maximum absolute atomic E-state index is 4.22. The van der Waals surface area contributed by atoms with Crippen molar-refractivity contribution >= 4 is 15.9 Å². The number of alkyl halides is 1. The van der Waals surface area contributed by atoms with Gasteiger partial charge in [-0.3, -0.25) is 0 Å². The number of hydrogen-bond donors (Lipinski definition) is 0. The smallest absolute Gasteiger partial charge is 0.0208 e. The molecule has 20 heavy (non-hydrogen) atoms. The molecule has 0 aromatic heterocycles. The van der Waals surface area contributed by atoms with E-state index in [1.807, 2.05) is 0 Å². The van der Waals surface area contributed by atoms with Gasteiger partial charge in [0.05, 0.1) is 0 Å². The predicted molar refractivity (Wildman–Crippen MR) is 84.6 cm³/mol. The minimum atomic E-state index is 0.828. The van der Waals surface area contributed by atoms with E-state index < -0.39 is 0 Å². The molecule has 0 nitrogen and oxygen atoms in total. The zero-order valence-corrected chi connectivity index (χ0v) is 14.0. The molecule has 1 spiro atoms. The van der Waals surface area contributed by atoms with E-state index in [1.165, 1.54) is 0 Å². The lowest BCUT2D eigenvalue weighted by Crippen LogP contribution is -2.67. The van der Waals surface area contributed by atoms with Crippen molar-refractivity contribution in [3.8, 4) is 0 Å². The molecule has 8 saturated carbocycles. The summed E-state index contributed by atoms with van der Waals surface area (Å²) in [6, 6.07) is 0. The van der Waals surface area contributed by atoms with Crippen LogP contribution in [-0.2, 0) is 0 Å². The molecule has 0 radical (unpaired) electrons. The third kappa shape index (κ3) is 1.20. The fourth-order valence-electron chi connectivity index (χ4n) is 9.22. The monoisotopic (exact) mass is 334 g/mol. The van der Waals surface area contributed by atoms with Gasteiger partial charge in [-0.15, -0.1) is 0 Å². The Kier molecular flexibility index (Phi) is 2.21. The summed E-state index contributed by atoms with van der Waals surface area (Å²) in [5.41, 5.74) is 0.828. The van der Waals surface area contributed by atoms with Crippen LogP contribution in [0.5, 0.6) is 0 Å². The van der Waals surface area contributed by atoms with Crippen molar-refractivity contribution in [1.29, 1.82) is 0 Å². The van der Waals surface area contributed by atoms with Gasteiger partial charge in [0, 0.05) is 4.83 Å². The summed E-state index contributed by atoms with van der Waals surface area (Å²) in [6.07, 6.45) is 14.6. The van der Waals surface area contributed by atoms with Gasteiger partial charge in [0.1, 0.15) is 0 Å². The zero-order valence-electron chi connectivity index (χ0n) is 12.4. The van der Waals surface area contributed by atoms with Gasteiger partial charge in [-0.25, -0.2) is 0 Å². The first-order chi connectivity index (χ1) is 9.75. The van der Waals surface area contributed by atoms with E-state index in [1.54, 1.807) is 57.8 Å². The standard InChI is InChI=1S/C19H27Br/c20-18-13-2-12-7-16(9-13)19(17(18)8-12)14-3-10-1-11(5-14)6-15(19)4-10/h10-18H,1-9H2/t10?,11?,12-,13+,14?,15?,16-,17+,18?,19?/m0/s1. The fraction of sp³-hybridized carbons (Fsp3) is 1.00. The van der Waals surface area contributed by atoms with Gasteiger partial charge in [-0.05, 0) is 111 Å². The van der Waals surface area contributed by atoms with Crippen LogP contribution in [0.2, 0.25) is 0 Å². The molecule has 8 fully saturated rings. The molecule has 0 amide bonds. The van der Waals surface area contributed by atoms with Crippen LogP contribution in [0.25, 0.3) is 0 Å². The fourth-order valence-corrected chi connectivity index (χ4v) is 10.3. The highest BCUT2D eigenvalue weighted by atomic mass is 79.9. The molecule has 110 valence electrons. The summed E-state index contributed by atoms with van der Waals surface area (Å²) in [6.45, 7) is 0. The van der Waals surface area contributed by atoms with E-state index in [9.17, 15) is 0 Å². The molecule has 0 aromatic rings. The summed E-state index contributed by atoms with van der Waals surface area (Å²) in [7, 11) is 0. The van der Waals surface area contributed by atoms with Crippen LogP contribution in [0, 0.1) is 52.8 Å². The minimum Gasteiger partial charge on any atom is -0.0884 e. The van der Waals surface area contributed by atoms with Crippen LogP contribution in [0.1, 0.15) is 57.8 Å². The molecule has 5 atom stereocenters. The van der Waals surface area contributed by atoms with Crippen molar-refractivity contribution < 1.29 is 0 Å². The van der Waals surface area contributed by atoms with Crippen LogP contribution in [0.15, 0.2) is 0 Å². The predicted octanol–water partition coefficient (Wildman–Crippen LogP) is 5.26. The molecule has 0 saturated heterocycles. The topological polar surface area (TPSA) is 0 Å². The Morgan fingerprint density at radius 3 is 1.80 bits per heavy atom.